The van der Waals surface area contributed by atoms with Gasteiger partial charge in [0.05, 0.1) is 32.3 Å². The second kappa shape index (κ2) is 7.59. The van der Waals surface area contributed by atoms with Crippen LogP contribution in [0.15, 0.2) is 54.7 Å². The Balaban J connectivity index is 1.66. The van der Waals surface area contributed by atoms with Crippen molar-refractivity contribution in [3.05, 3.63) is 54.7 Å². The first-order valence-electron chi connectivity index (χ1n) is 8.27. The Morgan fingerprint density at radius 1 is 0.741 bits per heavy atom. The molecule has 0 aliphatic heterocycles. The lowest BCUT2D eigenvalue weighted by Gasteiger charge is -2.22. The van der Waals surface area contributed by atoms with E-state index in [9.17, 15) is 0 Å². The Morgan fingerprint density at radius 3 is 2.11 bits per heavy atom. The first-order chi connectivity index (χ1) is 13.2. The number of aromatic nitrogens is 2. The van der Waals surface area contributed by atoms with Gasteiger partial charge in [0.15, 0.2) is 0 Å². The average Bonchev–Trinajstić information content (AvgIpc) is 3.40. The zero-order chi connectivity index (χ0) is 18.9. The number of hydrogen-bond acceptors (Lipinski definition) is 7. The van der Waals surface area contributed by atoms with Gasteiger partial charge in [-0.2, -0.15) is 0 Å². The number of hydrogen-bond donors (Lipinski definition) is 0. The van der Waals surface area contributed by atoms with Gasteiger partial charge in [-0.25, -0.2) is 4.98 Å². The molecule has 3 aromatic heterocycles. The van der Waals surface area contributed by atoms with Crippen molar-refractivity contribution < 1.29 is 13.3 Å². The first kappa shape index (κ1) is 18.4. The van der Waals surface area contributed by atoms with Crippen molar-refractivity contribution in [1.82, 2.24) is 9.97 Å². The smallest absolute Gasteiger partial charge is 0.373 e. The molecular weight excluding hydrogens is 396 g/mol. The van der Waals surface area contributed by atoms with E-state index in [4.69, 9.17) is 18.3 Å². The van der Waals surface area contributed by atoms with E-state index in [1.807, 2.05) is 36.5 Å². The Bertz CT molecular complexity index is 1070. The summed E-state index contributed by atoms with van der Waals surface area (Å²) in [5.41, 5.74) is 2.69. The summed E-state index contributed by atoms with van der Waals surface area (Å²) in [5, 5.41) is 0. The second-order valence-corrected chi connectivity index (χ2v) is 11.1. The molecule has 0 bridgehead atoms. The molecule has 0 atom stereocenters. The van der Waals surface area contributed by atoms with Crippen molar-refractivity contribution in [2.45, 2.75) is 0 Å². The molecule has 3 heterocycles. The number of fused-ring (bicyclic) bond motifs is 1. The molecule has 4 aromatic rings. The van der Waals surface area contributed by atoms with Gasteiger partial charge in [0.25, 0.3) is 0 Å². The van der Waals surface area contributed by atoms with Gasteiger partial charge in [0.2, 0.25) is 0 Å². The molecule has 4 rings (SSSR count). The minimum absolute atomic E-state index is 0.885. The molecule has 0 unspecified atom stereocenters. The molecule has 0 saturated heterocycles. The molecule has 0 N–H and O–H groups in total. The average molecular weight is 415 g/mol. The maximum atomic E-state index is 5.58. The van der Waals surface area contributed by atoms with Crippen molar-refractivity contribution in [3.8, 4) is 20.3 Å². The SMILES string of the molecule is CO[Si](OC)(OC)c1ccc(-c2ccc(-c3cnc4ccccc4n3)s2)s1. The number of nitrogens with zero attached hydrogens (tertiary/aromatic N) is 2. The molecule has 0 spiro atoms. The van der Waals surface area contributed by atoms with Crippen LogP contribution in [0.5, 0.6) is 0 Å². The summed E-state index contributed by atoms with van der Waals surface area (Å²) in [6.45, 7) is 0. The van der Waals surface area contributed by atoms with Gasteiger partial charge in [0.1, 0.15) is 0 Å². The van der Waals surface area contributed by atoms with Gasteiger partial charge in [-0.15, -0.1) is 22.7 Å². The molecule has 0 radical (unpaired) electrons. The number of rotatable bonds is 6. The van der Waals surface area contributed by atoms with Gasteiger partial charge >= 0.3 is 8.80 Å². The van der Waals surface area contributed by atoms with E-state index < -0.39 is 8.80 Å². The molecule has 0 fully saturated rings. The monoisotopic (exact) mass is 414 g/mol. The van der Waals surface area contributed by atoms with Crippen molar-refractivity contribution in [2.75, 3.05) is 21.3 Å². The van der Waals surface area contributed by atoms with Crippen LogP contribution in [0, 0.1) is 0 Å². The van der Waals surface area contributed by atoms with Crippen molar-refractivity contribution in [1.29, 1.82) is 0 Å². The summed E-state index contributed by atoms with van der Waals surface area (Å²) in [6.07, 6.45) is 1.83. The highest BCUT2D eigenvalue weighted by atomic mass is 32.1. The van der Waals surface area contributed by atoms with E-state index in [1.165, 1.54) is 4.88 Å². The van der Waals surface area contributed by atoms with Crippen LogP contribution in [-0.2, 0) is 13.3 Å². The maximum Gasteiger partial charge on any atom is 0.546 e. The Labute approximate surface area is 166 Å². The third-order valence-electron chi connectivity index (χ3n) is 4.26. The number of para-hydroxylation sites is 2. The zero-order valence-electron chi connectivity index (χ0n) is 15.1. The highest BCUT2D eigenvalue weighted by molar-refractivity contribution is 7.29. The fraction of sp³-hybridized carbons (Fsp3) is 0.158. The fourth-order valence-corrected chi connectivity index (χ4v) is 7.65. The van der Waals surface area contributed by atoms with Crippen LogP contribution in [0.2, 0.25) is 0 Å². The van der Waals surface area contributed by atoms with Crippen LogP contribution < -0.4 is 4.50 Å². The van der Waals surface area contributed by atoms with Crippen LogP contribution in [0.3, 0.4) is 0 Å². The molecule has 0 aliphatic rings. The highest BCUT2D eigenvalue weighted by Crippen LogP contribution is 2.36. The molecule has 8 heteroatoms. The number of benzene rings is 1. The van der Waals surface area contributed by atoms with Crippen LogP contribution in [0.1, 0.15) is 0 Å². The van der Waals surface area contributed by atoms with Crippen molar-refractivity contribution >= 4 is 47.0 Å². The summed E-state index contributed by atoms with van der Waals surface area (Å²) >= 11 is 3.33. The van der Waals surface area contributed by atoms with E-state index in [0.29, 0.717) is 0 Å². The minimum Gasteiger partial charge on any atom is -0.373 e. The van der Waals surface area contributed by atoms with Gasteiger partial charge in [0, 0.05) is 31.1 Å². The minimum atomic E-state index is -2.79. The summed E-state index contributed by atoms with van der Waals surface area (Å²) < 4.78 is 17.7. The fourth-order valence-electron chi connectivity index (χ4n) is 2.87. The lowest BCUT2D eigenvalue weighted by molar-refractivity contribution is 0.141. The Hall–Kier alpha value is -1.94. The third-order valence-corrected chi connectivity index (χ3v) is 9.90. The van der Waals surface area contributed by atoms with Crippen LogP contribution in [0.4, 0.5) is 0 Å². The summed E-state index contributed by atoms with van der Waals surface area (Å²) in [6, 6.07) is 16.2. The lowest BCUT2D eigenvalue weighted by atomic mass is 10.3. The topological polar surface area (TPSA) is 53.5 Å². The van der Waals surface area contributed by atoms with E-state index in [0.717, 1.165) is 31.0 Å². The van der Waals surface area contributed by atoms with E-state index in [2.05, 4.69) is 23.2 Å². The molecule has 1 aromatic carbocycles. The Kier molecular flexibility index (Phi) is 5.18. The predicted octanol–water partition coefficient (Wildman–Crippen LogP) is 4.17. The van der Waals surface area contributed by atoms with E-state index >= 15 is 0 Å². The molecule has 0 amide bonds. The van der Waals surface area contributed by atoms with Gasteiger partial charge in [-0.1, -0.05) is 12.1 Å². The van der Waals surface area contributed by atoms with Crippen LogP contribution in [-0.4, -0.2) is 40.1 Å². The summed E-state index contributed by atoms with van der Waals surface area (Å²) in [4.78, 5) is 12.7. The molecule has 138 valence electrons. The molecule has 27 heavy (non-hydrogen) atoms. The number of thiophene rings is 2. The predicted molar refractivity (Wildman–Crippen MR) is 113 cm³/mol. The van der Waals surface area contributed by atoms with E-state index in [1.54, 1.807) is 44.0 Å². The van der Waals surface area contributed by atoms with Crippen LogP contribution >= 0.6 is 22.7 Å². The van der Waals surface area contributed by atoms with Crippen LogP contribution in [0.25, 0.3) is 31.4 Å². The lowest BCUT2D eigenvalue weighted by Crippen LogP contribution is -2.53. The largest absolute Gasteiger partial charge is 0.546 e. The molecule has 0 aliphatic carbocycles. The molecule has 0 saturated carbocycles. The molecular formula is C19H18N2O3S2Si. The maximum absolute atomic E-state index is 5.58. The quantitative estimate of drug-likeness (QED) is 0.443. The second-order valence-electron chi connectivity index (χ2n) is 5.74. The van der Waals surface area contributed by atoms with Gasteiger partial charge in [-0.3, -0.25) is 4.98 Å². The zero-order valence-corrected chi connectivity index (χ0v) is 17.8. The summed E-state index contributed by atoms with van der Waals surface area (Å²) in [5.74, 6) is 0. The van der Waals surface area contributed by atoms with Gasteiger partial charge in [-0.05, 0) is 36.4 Å². The van der Waals surface area contributed by atoms with Gasteiger partial charge < -0.3 is 13.3 Å². The molecule has 5 nitrogen and oxygen atoms in total. The standard InChI is InChI=1S/C19H18N2O3S2Si/c1-22-27(23-2,24-3)19-11-10-18(26-19)17-9-8-16(25-17)15-12-20-13-6-4-5-7-14(13)21-15/h4-12H,1-3H3. The Morgan fingerprint density at radius 2 is 1.37 bits per heavy atom. The van der Waals surface area contributed by atoms with Crippen molar-refractivity contribution in [3.63, 3.8) is 0 Å². The third kappa shape index (κ3) is 3.36. The summed E-state index contributed by atoms with van der Waals surface area (Å²) in [7, 11) is 2.08. The normalized spacial score (nSPS) is 12.0. The van der Waals surface area contributed by atoms with E-state index in [-0.39, 0.29) is 0 Å². The highest BCUT2D eigenvalue weighted by Gasteiger charge is 2.42. The first-order valence-corrected chi connectivity index (χ1v) is 11.6. The van der Waals surface area contributed by atoms with Crippen molar-refractivity contribution in [2.24, 2.45) is 0 Å².